The Morgan fingerprint density at radius 3 is 1.57 bits per heavy atom. The molecule has 0 atom stereocenters. The number of rotatable bonds is 2. The Hall–Kier alpha value is -2.44. The summed E-state index contributed by atoms with van der Waals surface area (Å²) in [4.78, 5) is 0. The quantitative estimate of drug-likeness (QED) is 0.226. The molecule has 0 radical (unpaired) electrons. The van der Waals surface area contributed by atoms with Crippen LogP contribution in [0.3, 0.4) is 0 Å². The van der Waals surface area contributed by atoms with Crippen LogP contribution in [0, 0.1) is 6.07 Å². The van der Waals surface area contributed by atoms with Crippen LogP contribution in [0.15, 0.2) is 109 Å². The molecule has 0 saturated heterocycles. The van der Waals surface area contributed by atoms with Crippen molar-refractivity contribution in [3.63, 3.8) is 0 Å². The Kier molecular flexibility index (Phi) is 12.5. The van der Waals surface area contributed by atoms with Gasteiger partial charge in [-0.05, 0) is 39.5 Å². The third-order valence-corrected chi connectivity index (χ3v) is 9.11. The van der Waals surface area contributed by atoms with Crippen LogP contribution in [0.25, 0.3) is 33.4 Å². The molecule has 226 valence electrons. The molecule has 0 amide bonds. The molecule has 0 aromatic heterocycles. The largest absolute Gasteiger partial charge is 0.214 e. The van der Waals surface area contributed by atoms with E-state index < -0.39 is 0 Å². The van der Waals surface area contributed by atoms with E-state index in [2.05, 4.69) is 126 Å². The minimum Gasteiger partial charge on any atom is -0.214 e. The van der Waals surface area contributed by atoms with Crippen LogP contribution in [0.4, 0.5) is 0 Å². The predicted octanol–water partition coefficient (Wildman–Crippen LogP) is 4.90. The molecule has 7 rings (SSSR count). The van der Waals surface area contributed by atoms with Gasteiger partial charge < -0.3 is 24.8 Å². The van der Waals surface area contributed by atoms with Crippen molar-refractivity contribution in [2.24, 2.45) is 0 Å². The van der Waals surface area contributed by atoms with Gasteiger partial charge in [-0.15, -0.1) is 28.8 Å². The molecule has 44 heavy (non-hydrogen) atoms. The first-order chi connectivity index (χ1) is 20.0. The minimum absolute atomic E-state index is 0. The molecule has 0 bridgehead atoms. The maximum atomic E-state index is 3.88. The fourth-order valence-electron chi connectivity index (χ4n) is 5.49. The molecular formula is C41H42Cl2Zr-2. The molecule has 3 heteroatoms. The Balaban J connectivity index is 0.000000413. The van der Waals surface area contributed by atoms with Gasteiger partial charge in [0, 0.05) is 0 Å². The molecular weight excluding hydrogens is 655 g/mol. The van der Waals surface area contributed by atoms with E-state index in [4.69, 9.17) is 0 Å². The van der Waals surface area contributed by atoms with Gasteiger partial charge in [-0.25, -0.2) is 12.1 Å². The SMILES string of the molecule is CC(C)(C)c1cc2c([c-]c1-c1ccccc1)Cc1cc(-c3ccccc3)c(C(C)(C)C)cc1-2.[Cl-].[Cl-].[Zr+2]=[C]1CC1.c1cc[cH-]c1. The number of halogens is 2. The molecule has 0 spiro atoms. The van der Waals surface area contributed by atoms with Crippen molar-refractivity contribution in [2.45, 2.75) is 71.6 Å². The third kappa shape index (κ3) is 8.84. The van der Waals surface area contributed by atoms with E-state index in [1.807, 2.05) is 30.3 Å². The second-order valence-corrected chi connectivity index (χ2v) is 15.2. The second kappa shape index (κ2) is 15.2. The van der Waals surface area contributed by atoms with Crippen LogP contribution in [-0.2, 0) is 41.5 Å². The fourth-order valence-corrected chi connectivity index (χ4v) is 5.79. The van der Waals surface area contributed by atoms with Gasteiger partial charge >= 0.3 is 40.3 Å². The average molecular weight is 697 g/mol. The Labute approximate surface area is 292 Å². The van der Waals surface area contributed by atoms with Crippen molar-refractivity contribution in [1.29, 1.82) is 0 Å². The molecule has 0 unspecified atom stereocenters. The number of hydrogen-bond donors (Lipinski definition) is 0. The van der Waals surface area contributed by atoms with Crippen LogP contribution in [0.1, 0.15) is 76.6 Å². The van der Waals surface area contributed by atoms with E-state index in [1.165, 1.54) is 68.5 Å². The zero-order valence-corrected chi connectivity index (χ0v) is 30.7. The summed E-state index contributed by atoms with van der Waals surface area (Å²) in [5, 5.41) is 0. The Bertz CT molecular complexity index is 1520. The van der Waals surface area contributed by atoms with E-state index in [0.29, 0.717) is 0 Å². The standard InChI is InChI=1S/C33H33.C5H5.C3H4.2ClH.Zr/c1-32(2,3)30-20-26-24(18-28(30)22-13-9-7-10-14-22)17-25-19-29(23-15-11-8-12-16-23)31(21-27(25)26)33(4,5)6;1-2-4-5-3-1;1-2-3-1;;;/h7-16,18,20-21H,17H2,1-6H3;1-5H;1-2H2;2*1H;/q2*-1;;;;+2/p-2. The van der Waals surface area contributed by atoms with Crippen LogP contribution in [-0.4, -0.2) is 3.21 Å². The van der Waals surface area contributed by atoms with Crippen LogP contribution < -0.4 is 24.8 Å². The molecule has 0 heterocycles. The summed E-state index contributed by atoms with van der Waals surface area (Å²) in [6.45, 7) is 13.9. The number of hydrogen-bond acceptors (Lipinski definition) is 0. The van der Waals surface area contributed by atoms with Crippen LogP contribution in [0.2, 0.25) is 0 Å². The number of fused-ring (bicyclic) bond motifs is 3. The molecule has 5 aromatic rings. The summed E-state index contributed by atoms with van der Waals surface area (Å²) < 4.78 is 1.76. The van der Waals surface area contributed by atoms with E-state index >= 15 is 0 Å². The molecule has 5 aromatic carbocycles. The predicted molar refractivity (Wildman–Crippen MR) is 178 cm³/mol. The minimum atomic E-state index is 0. The monoisotopic (exact) mass is 694 g/mol. The topological polar surface area (TPSA) is 0 Å². The molecule has 0 aliphatic heterocycles. The zero-order chi connectivity index (χ0) is 29.9. The zero-order valence-electron chi connectivity index (χ0n) is 26.8. The van der Waals surface area contributed by atoms with Crippen LogP contribution in [0.5, 0.6) is 0 Å². The van der Waals surface area contributed by atoms with Crippen LogP contribution >= 0.6 is 0 Å². The molecule has 2 aliphatic carbocycles. The first-order valence-electron chi connectivity index (χ1n) is 15.1. The van der Waals surface area contributed by atoms with Gasteiger partial charge in [0.1, 0.15) is 0 Å². The Morgan fingerprint density at radius 2 is 1.11 bits per heavy atom. The van der Waals surface area contributed by atoms with Crippen molar-refractivity contribution in [3.8, 4) is 33.4 Å². The first-order valence-corrected chi connectivity index (χ1v) is 16.4. The van der Waals surface area contributed by atoms with Gasteiger partial charge in [0.05, 0.1) is 0 Å². The van der Waals surface area contributed by atoms with E-state index in [9.17, 15) is 0 Å². The van der Waals surface area contributed by atoms with Crippen molar-refractivity contribution in [2.75, 3.05) is 0 Å². The summed E-state index contributed by atoms with van der Waals surface area (Å²) in [7, 11) is 0. The normalized spacial score (nSPS) is 12.7. The maximum absolute atomic E-state index is 3.88. The van der Waals surface area contributed by atoms with Gasteiger partial charge in [0.25, 0.3) is 0 Å². The van der Waals surface area contributed by atoms with Gasteiger partial charge in [-0.3, -0.25) is 0 Å². The van der Waals surface area contributed by atoms with Gasteiger partial charge in [-0.2, -0.15) is 18.2 Å². The molecule has 2 aliphatic rings. The number of benzene rings is 4. The summed E-state index contributed by atoms with van der Waals surface area (Å²) in [5.74, 6) is 0. The third-order valence-electron chi connectivity index (χ3n) is 7.88. The fraction of sp³-hybridized carbons (Fsp3) is 0.268. The van der Waals surface area contributed by atoms with Crippen molar-refractivity contribution in [3.05, 3.63) is 138 Å². The van der Waals surface area contributed by atoms with E-state index in [0.717, 1.165) is 6.42 Å². The molecule has 0 N–H and O–H groups in total. The smallest absolute Gasteiger partial charge is 0.172 e. The van der Waals surface area contributed by atoms with E-state index in [1.54, 1.807) is 27.4 Å². The van der Waals surface area contributed by atoms with Gasteiger partial charge in [-0.1, -0.05) is 131 Å². The maximum Gasteiger partial charge on any atom is -0.172 e. The summed E-state index contributed by atoms with van der Waals surface area (Å²) in [6, 6.07) is 42.8. The average Bonchev–Trinajstić information content (AvgIpc) is 3.39. The van der Waals surface area contributed by atoms with E-state index in [-0.39, 0.29) is 35.6 Å². The van der Waals surface area contributed by atoms with Crippen molar-refractivity contribution >= 4 is 3.21 Å². The second-order valence-electron chi connectivity index (χ2n) is 13.5. The first kappa shape index (κ1) is 36.0. The van der Waals surface area contributed by atoms with Gasteiger partial charge in [0.2, 0.25) is 0 Å². The molecule has 0 nitrogen and oxygen atoms in total. The Morgan fingerprint density at radius 1 is 0.614 bits per heavy atom. The van der Waals surface area contributed by atoms with Crippen molar-refractivity contribution in [1.82, 2.24) is 0 Å². The summed E-state index contributed by atoms with van der Waals surface area (Å²) in [6.07, 6.45) is 3.83. The summed E-state index contributed by atoms with van der Waals surface area (Å²) in [5.41, 5.74) is 13.5. The molecule has 1 saturated carbocycles. The van der Waals surface area contributed by atoms with Gasteiger partial charge in [0.15, 0.2) is 0 Å². The molecule has 1 fully saturated rings. The summed E-state index contributed by atoms with van der Waals surface area (Å²) >= 11 is 1.66. The van der Waals surface area contributed by atoms with Crippen molar-refractivity contribution < 1.29 is 49.0 Å².